The summed E-state index contributed by atoms with van der Waals surface area (Å²) in [5.74, 6) is 1.81. The molecule has 178 valence electrons. The molecule has 2 N–H and O–H groups in total. The van der Waals surface area contributed by atoms with Gasteiger partial charge < -0.3 is 14.9 Å². The summed E-state index contributed by atoms with van der Waals surface area (Å²) in [6, 6.07) is 10.5. The lowest BCUT2D eigenvalue weighted by Crippen LogP contribution is -2.61. The van der Waals surface area contributed by atoms with Crippen molar-refractivity contribution in [1.82, 2.24) is 0 Å². The molecule has 4 heteroatoms. The maximum atomic E-state index is 12.1. The molecule has 0 bridgehead atoms. The van der Waals surface area contributed by atoms with Gasteiger partial charge in [-0.2, -0.15) is 0 Å². The minimum Gasteiger partial charge on any atom is -0.498 e. The molecule has 4 aliphatic rings. The maximum absolute atomic E-state index is 12.1. The van der Waals surface area contributed by atoms with Crippen LogP contribution in [0.15, 0.2) is 70.2 Å². The first-order valence-electron chi connectivity index (χ1n) is 12.6. The molecule has 2 saturated carbocycles. The minimum absolute atomic E-state index is 0.104. The van der Waals surface area contributed by atoms with Crippen LogP contribution in [-0.4, -0.2) is 28.5 Å². The Hall–Kier alpha value is -1.49. The van der Waals surface area contributed by atoms with Gasteiger partial charge in [0.15, 0.2) is 0 Å². The van der Waals surface area contributed by atoms with Crippen LogP contribution in [0, 0.1) is 28.6 Å². The van der Waals surface area contributed by atoms with Crippen LogP contribution in [0.5, 0.6) is 0 Å². The quantitative estimate of drug-likeness (QED) is 0.487. The largest absolute Gasteiger partial charge is 0.498 e. The summed E-state index contributed by atoms with van der Waals surface area (Å²) in [6.07, 6.45) is 9.27. The molecular weight excluding hydrogens is 428 g/mol. The molecular formula is C29H38O3S. The maximum Gasteiger partial charge on any atom is 0.0969 e. The molecule has 4 aliphatic carbocycles. The zero-order valence-electron chi connectivity index (χ0n) is 20.2. The summed E-state index contributed by atoms with van der Waals surface area (Å²) in [6.45, 7) is 11.9. The van der Waals surface area contributed by atoms with Crippen LogP contribution in [0.25, 0.3) is 0 Å². The molecule has 0 amide bonds. The molecule has 1 unspecified atom stereocenters. The second-order valence-corrected chi connectivity index (χ2v) is 12.2. The van der Waals surface area contributed by atoms with Gasteiger partial charge in [-0.05, 0) is 79.6 Å². The van der Waals surface area contributed by atoms with E-state index >= 15 is 0 Å². The van der Waals surface area contributed by atoms with Crippen molar-refractivity contribution in [1.29, 1.82) is 0 Å². The number of hydrogen-bond acceptors (Lipinski definition) is 4. The fourth-order valence-electron chi connectivity index (χ4n) is 7.76. The standard InChI is InChI=1S/C29H38O3S/c1-5-32-21-17-20-11-12-24-23(13-15-27(3)26(30)14-16-29(24,27)31)28(20,4)25(18-21)19(2)33-22-9-7-6-8-10-22/h6-11,17,23-26,30-31H,2,5,12-16,18H2,1,3-4H3/t23-,24+,25?,26-,27+,28-,29+/m0/s1. The predicted octanol–water partition coefficient (Wildman–Crippen LogP) is 6.49. The molecule has 1 aromatic rings. The molecule has 0 saturated heterocycles. The first kappa shape index (κ1) is 23.3. The van der Waals surface area contributed by atoms with Crippen LogP contribution in [0.4, 0.5) is 0 Å². The van der Waals surface area contributed by atoms with E-state index in [4.69, 9.17) is 4.74 Å². The Balaban J connectivity index is 1.55. The number of fused-ring (bicyclic) bond motifs is 5. The highest BCUT2D eigenvalue weighted by atomic mass is 32.2. The molecule has 0 aromatic heterocycles. The number of hydrogen-bond donors (Lipinski definition) is 2. The fraction of sp³-hybridized carbons (Fsp3) is 0.586. The number of ether oxygens (including phenoxy) is 1. The molecule has 33 heavy (non-hydrogen) atoms. The van der Waals surface area contributed by atoms with Gasteiger partial charge in [0, 0.05) is 28.1 Å². The Morgan fingerprint density at radius 2 is 1.91 bits per heavy atom. The molecule has 7 atom stereocenters. The van der Waals surface area contributed by atoms with E-state index in [1.165, 1.54) is 15.4 Å². The van der Waals surface area contributed by atoms with Gasteiger partial charge in [0.1, 0.15) is 0 Å². The third kappa shape index (κ3) is 3.39. The lowest BCUT2D eigenvalue weighted by molar-refractivity contribution is -0.189. The van der Waals surface area contributed by atoms with Crippen molar-refractivity contribution in [3.63, 3.8) is 0 Å². The number of thioether (sulfide) groups is 1. The topological polar surface area (TPSA) is 49.7 Å². The summed E-state index contributed by atoms with van der Waals surface area (Å²) in [7, 11) is 0. The fourth-order valence-corrected chi connectivity index (χ4v) is 8.83. The van der Waals surface area contributed by atoms with Gasteiger partial charge in [0.05, 0.1) is 24.1 Å². The molecule has 0 aliphatic heterocycles. The van der Waals surface area contributed by atoms with E-state index in [0.717, 1.165) is 31.4 Å². The Labute approximate surface area is 203 Å². The van der Waals surface area contributed by atoms with E-state index in [1.54, 1.807) is 11.8 Å². The van der Waals surface area contributed by atoms with E-state index in [9.17, 15) is 10.2 Å². The summed E-state index contributed by atoms with van der Waals surface area (Å²) >= 11 is 1.78. The van der Waals surface area contributed by atoms with Crippen molar-refractivity contribution in [2.45, 2.75) is 75.9 Å². The highest BCUT2D eigenvalue weighted by molar-refractivity contribution is 8.03. The van der Waals surface area contributed by atoms with Gasteiger partial charge in [-0.3, -0.25) is 0 Å². The van der Waals surface area contributed by atoms with Gasteiger partial charge >= 0.3 is 0 Å². The Morgan fingerprint density at radius 3 is 2.64 bits per heavy atom. The van der Waals surface area contributed by atoms with Crippen LogP contribution in [0.3, 0.4) is 0 Å². The Bertz CT molecular complexity index is 984. The zero-order chi connectivity index (χ0) is 23.4. The van der Waals surface area contributed by atoms with Gasteiger partial charge in [-0.15, -0.1) is 0 Å². The van der Waals surface area contributed by atoms with E-state index in [-0.39, 0.29) is 17.3 Å². The summed E-state index contributed by atoms with van der Waals surface area (Å²) < 4.78 is 6.05. The van der Waals surface area contributed by atoms with Crippen LogP contribution in [-0.2, 0) is 4.74 Å². The van der Waals surface area contributed by atoms with Gasteiger partial charge in [-0.25, -0.2) is 0 Å². The average Bonchev–Trinajstić information content (AvgIpc) is 3.04. The summed E-state index contributed by atoms with van der Waals surface area (Å²) in [5, 5.41) is 22.9. The average molecular weight is 467 g/mol. The molecule has 3 nitrogen and oxygen atoms in total. The van der Waals surface area contributed by atoms with Crippen molar-refractivity contribution >= 4 is 11.8 Å². The highest BCUT2D eigenvalue weighted by Gasteiger charge is 2.67. The lowest BCUT2D eigenvalue weighted by atomic mass is 9.45. The van der Waals surface area contributed by atoms with Crippen LogP contribution in [0.1, 0.15) is 59.3 Å². The highest BCUT2D eigenvalue weighted by Crippen LogP contribution is 2.68. The van der Waals surface area contributed by atoms with Crippen molar-refractivity contribution in [3.8, 4) is 0 Å². The third-order valence-electron chi connectivity index (χ3n) is 9.74. The van der Waals surface area contributed by atoms with Crippen molar-refractivity contribution in [3.05, 3.63) is 65.3 Å². The first-order chi connectivity index (χ1) is 15.7. The normalized spacial score (nSPS) is 41.8. The van der Waals surface area contributed by atoms with Crippen LogP contribution < -0.4 is 0 Å². The zero-order valence-corrected chi connectivity index (χ0v) is 21.0. The van der Waals surface area contributed by atoms with Crippen molar-refractivity contribution in [2.75, 3.05) is 6.61 Å². The van der Waals surface area contributed by atoms with Crippen molar-refractivity contribution in [2.24, 2.45) is 28.6 Å². The SMILES string of the molecule is C=C(Sc1ccccc1)C1CC(OCC)=CC2=CC[C@@H]3[C@H](CC[C@]4(C)[C@@H](O)CC[C@@]34O)[C@]21C. The summed E-state index contributed by atoms with van der Waals surface area (Å²) in [4.78, 5) is 2.39. The summed E-state index contributed by atoms with van der Waals surface area (Å²) in [5.41, 5.74) is 0.0433. The van der Waals surface area contributed by atoms with E-state index < -0.39 is 17.1 Å². The number of aliphatic hydroxyl groups excluding tert-OH is 1. The van der Waals surface area contributed by atoms with E-state index in [0.29, 0.717) is 25.4 Å². The first-order valence-corrected chi connectivity index (χ1v) is 13.4. The Kier molecular flexibility index (Phi) is 5.86. The van der Waals surface area contributed by atoms with Gasteiger partial charge in [-0.1, -0.05) is 56.5 Å². The lowest BCUT2D eigenvalue weighted by Gasteiger charge is -2.61. The van der Waals surface area contributed by atoms with Gasteiger partial charge in [0.2, 0.25) is 0 Å². The van der Waals surface area contributed by atoms with Crippen molar-refractivity contribution < 1.29 is 14.9 Å². The van der Waals surface area contributed by atoms with E-state index in [2.05, 4.69) is 56.8 Å². The third-order valence-corrected chi connectivity index (χ3v) is 10.8. The van der Waals surface area contributed by atoms with Crippen LogP contribution in [0.2, 0.25) is 0 Å². The number of rotatable bonds is 5. The molecule has 5 rings (SSSR count). The van der Waals surface area contributed by atoms with E-state index in [1.807, 2.05) is 13.0 Å². The molecule has 0 heterocycles. The molecule has 0 spiro atoms. The number of aliphatic hydroxyl groups is 2. The molecule has 1 aromatic carbocycles. The van der Waals surface area contributed by atoms with Crippen LogP contribution >= 0.6 is 11.8 Å². The second kappa shape index (κ2) is 8.32. The number of allylic oxidation sites excluding steroid dienone is 5. The molecule has 2 fully saturated rings. The second-order valence-electron chi connectivity index (χ2n) is 11.0. The molecule has 0 radical (unpaired) electrons. The minimum atomic E-state index is -0.803. The predicted molar refractivity (Wildman–Crippen MR) is 135 cm³/mol. The number of benzene rings is 1. The Morgan fingerprint density at radius 1 is 1.15 bits per heavy atom. The van der Waals surface area contributed by atoms with Gasteiger partial charge in [0.25, 0.3) is 0 Å². The smallest absolute Gasteiger partial charge is 0.0969 e. The monoisotopic (exact) mass is 466 g/mol.